The molecule has 1 aliphatic heterocycles. The lowest BCUT2D eigenvalue weighted by Crippen LogP contribution is -2.44. The molecular formula is C13H15N3O. The van der Waals surface area contributed by atoms with Crippen molar-refractivity contribution >= 4 is 17.3 Å². The summed E-state index contributed by atoms with van der Waals surface area (Å²) in [7, 11) is 1.84. The first-order valence-corrected chi connectivity index (χ1v) is 5.54. The largest absolute Gasteiger partial charge is 0.388 e. The fraction of sp³-hybridized carbons (Fsp3) is 0.385. The second-order valence-electron chi connectivity index (χ2n) is 4.67. The van der Waals surface area contributed by atoms with Crippen LogP contribution in [0.5, 0.6) is 0 Å². The van der Waals surface area contributed by atoms with Crippen LogP contribution in [0.25, 0.3) is 0 Å². The van der Waals surface area contributed by atoms with E-state index in [1.54, 1.807) is 18.7 Å². The highest BCUT2D eigenvalue weighted by molar-refractivity contribution is 6.03. The van der Waals surface area contributed by atoms with Crippen molar-refractivity contribution < 1.29 is 4.79 Å². The molecule has 0 unspecified atom stereocenters. The monoisotopic (exact) mass is 229 g/mol. The molecule has 4 heteroatoms. The third kappa shape index (κ3) is 1.74. The van der Waals surface area contributed by atoms with Gasteiger partial charge in [-0.3, -0.25) is 9.69 Å². The van der Waals surface area contributed by atoms with Crippen LogP contribution in [0.4, 0.5) is 11.4 Å². The lowest BCUT2D eigenvalue weighted by molar-refractivity contribution is -0.118. The van der Waals surface area contributed by atoms with Gasteiger partial charge in [0.05, 0.1) is 12.5 Å². The maximum absolute atomic E-state index is 12.0. The topological polar surface area (TPSA) is 56.1 Å². The van der Waals surface area contributed by atoms with Crippen LogP contribution < -0.4 is 10.2 Å². The van der Waals surface area contributed by atoms with Gasteiger partial charge in [-0.1, -0.05) is 0 Å². The van der Waals surface area contributed by atoms with Crippen LogP contribution in [0.3, 0.4) is 0 Å². The highest BCUT2D eigenvalue weighted by Gasteiger charge is 2.38. The smallest absolute Gasteiger partial charge is 0.232 e. The number of nitriles is 1. The van der Waals surface area contributed by atoms with E-state index in [0.717, 1.165) is 16.9 Å². The van der Waals surface area contributed by atoms with Crippen molar-refractivity contribution in [2.75, 3.05) is 17.3 Å². The second kappa shape index (κ2) is 3.77. The minimum Gasteiger partial charge on any atom is -0.388 e. The second-order valence-corrected chi connectivity index (χ2v) is 4.67. The van der Waals surface area contributed by atoms with Gasteiger partial charge in [-0.05, 0) is 37.6 Å². The standard InChI is InChI=1S/C13H15N3O/c1-13(2,8-14)16-11-5-4-10(15-3)6-9(11)7-12(16)17/h4-6,15H,7H2,1-3H3. The van der Waals surface area contributed by atoms with Gasteiger partial charge in [0, 0.05) is 18.4 Å². The fourth-order valence-electron chi connectivity index (χ4n) is 2.14. The van der Waals surface area contributed by atoms with Crippen molar-refractivity contribution in [1.29, 1.82) is 5.26 Å². The summed E-state index contributed by atoms with van der Waals surface area (Å²) in [4.78, 5) is 13.6. The zero-order chi connectivity index (χ0) is 12.6. The molecule has 0 saturated carbocycles. The number of carbonyl (C=O) groups is 1. The number of benzene rings is 1. The van der Waals surface area contributed by atoms with Gasteiger partial charge in [-0.15, -0.1) is 0 Å². The van der Waals surface area contributed by atoms with Crippen LogP contribution >= 0.6 is 0 Å². The van der Waals surface area contributed by atoms with E-state index in [1.165, 1.54) is 0 Å². The molecule has 0 spiro atoms. The molecule has 2 rings (SSSR count). The summed E-state index contributed by atoms with van der Waals surface area (Å²) in [5.74, 6) is -0.0141. The first-order chi connectivity index (χ1) is 7.99. The number of anilines is 2. The Hall–Kier alpha value is -2.02. The van der Waals surface area contributed by atoms with E-state index in [4.69, 9.17) is 5.26 Å². The van der Waals surface area contributed by atoms with Crippen LogP contribution in [-0.2, 0) is 11.2 Å². The Labute approximate surface area is 101 Å². The average Bonchev–Trinajstić information content (AvgIpc) is 2.64. The molecule has 0 aliphatic carbocycles. The van der Waals surface area contributed by atoms with E-state index in [0.29, 0.717) is 6.42 Å². The highest BCUT2D eigenvalue weighted by Crippen LogP contribution is 2.35. The molecule has 0 radical (unpaired) electrons. The van der Waals surface area contributed by atoms with Crippen molar-refractivity contribution in [3.63, 3.8) is 0 Å². The number of carbonyl (C=O) groups excluding carboxylic acids is 1. The lowest BCUT2D eigenvalue weighted by Gasteiger charge is -2.29. The van der Waals surface area contributed by atoms with Crippen molar-refractivity contribution in [1.82, 2.24) is 0 Å². The zero-order valence-corrected chi connectivity index (χ0v) is 10.2. The third-order valence-corrected chi connectivity index (χ3v) is 3.03. The molecule has 0 fully saturated rings. The van der Waals surface area contributed by atoms with Gasteiger partial charge in [0.15, 0.2) is 0 Å². The van der Waals surface area contributed by atoms with Gasteiger partial charge in [-0.25, -0.2) is 0 Å². The lowest BCUT2D eigenvalue weighted by atomic mass is 10.0. The summed E-state index contributed by atoms with van der Waals surface area (Å²) in [5, 5.41) is 12.2. The van der Waals surface area contributed by atoms with Crippen molar-refractivity contribution in [2.45, 2.75) is 25.8 Å². The number of hydrogen-bond acceptors (Lipinski definition) is 3. The van der Waals surface area contributed by atoms with E-state index in [1.807, 2.05) is 25.2 Å². The van der Waals surface area contributed by atoms with Crippen LogP contribution in [-0.4, -0.2) is 18.5 Å². The maximum Gasteiger partial charge on any atom is 0.232 e. The Bertz CT molecular complexity index is 514. The molecule has 1 aromatic carbocycles. The third-order valence-electron chi connectivity index (χ3n) is 3.03. The van der Waals surface area contributed by atoms with Crippen LogP contribution in [0.2, 0.25) is 0 Å². The normalized spacial score (nSPS) is 14.5. The number of amides is 1. The predicted molar refractivity (Wildman–Crippen MR) is 66.9 cm³/mol. The molecule has 4 nitrogen and oxygen atoms in total. The van der Waals surface area contributed by atoms with E-state index in [9.17, 15) is 4.79 Å². The Morgan fingerprint density at radius 1 is 1.47 bits per heavy atom. The molecular weight excluding hydrogens is 214 g/mol. The minimum absolute atomic E-state index is 0.0141. The summed E-state index contributed by atoms with van der Waals surface area (Å²) >= 11 is 0. The summed E-state index contributed by atoms with van der Waals surface area (Å²) < 4.78 is 0. The summed E-state index contributed by atoms with van der Waals surface area (Å²) in [5.41, 5.74) is 2.00. The number of nitrogens with zero attached hydrogens (tertiary/aromatic N) is 2. The summed E-state index contributed by atoms with van der Waals surface area (Å²) in [6.07, 6.45) is 0.371. The quantitative estimate of drug-likeness (QED) is 0.843. The number of rotatable bonds is 2. The SMILES string of the molecule is CNc1ccc2c(c1)CC(=O)N2C(C)(C)C#N. The maximum atomic E-state index is 12.0. The fourth-order valence-corrected chi connectivity index (χ4v) is 2.14. The van der Waals surface area contributed by atoms with Gasteiger partial charge in [0.2, 0.25) is 5.91 Å². The first-order valence-electron chi connectivity index (χ1n) is 5.54. The van der Waals surface area contributed by atoms with Gasteiger partial charge in [0.1, 0.15) is 5.54 Å². The van der Waals surface area contributed by atoms with E-state index < -0.39 is 5.54 Å². The zero-order valence-electron chi connectivity index (χ0n) is 10.2. The van der Waals surface area contributed by atoms with Gasteiger partial charge in [0.25, 0.3) is 0 Å². The van der Waals surface area contributed by atoms with Gasteiger partial charge >= 0.3 is 0 Å². The Morgan fingerprint density at radius 3 is 2.76 bits per heavy atom. The molecule has 0 bridgehead atoms. The van der Waals surface area contributed by atoms with Crippen molar-refractivity contribution in [3.05, 3.63) is 23.8 Å². The number of nitrogens with one attached hydrogen (secondary N) is 1. The summed E-state index contributed by atoms with van der Waals surface area (Å²) in [6, 6.07) is 7.94. The van der Waals surface area contributed by atoms with Gasteiger partial charge in [-0.2, -0.15) is 5.26 Å². The molecule has 0 atom stereocenters. The minimum atomic E-state index is -0.802. The van der Waals surface area contributed by atoms with Crippen LogP contribution in [0, 0.1) is 11.3 Å². The molecule has 1 N–H and O–H groups in total. The molecule has 1 aromatic rings. The predicted octanol–water partition coefficient (Wildman–Crippen LogP) is 1.92. The molecule has 0 aromatic heterocycles. The molecule has 1 amide bonds. The van der Waals surface area contributed by atoms with Crippen LogP contribution in [0.15, 0.2) is 18.2 Å². The highest BCUT2D eigenvalue weighted by atomic mass is 16.2. The van der Waals surface area contributed by atoms with Gasteiger partial charge < -0.3 is 5.32 Å². The molecule has 0 saturated heterocycles. The van der Waals surface area contributed by atoms with Crippen molar-refractivity contribution in [3.8, 4) is 6.07 Å². The van der Waals surface area contributed by atoms with Crippen molar-refractivity contribution in [2.24, 2.45) is 0 Å². The van der Waals surface area contributed by atoms with E-state index in [2.05, 4.69) is 11.4 Å². The average molecular weight is 229 g/mol. The number of fused-ring (bicyclic) bond motifs is 1. The van der Waals surface area contributed by atoms with E-state index in [-0.39, 0.29) is 5.91 Å². The first kappa shape index (κ1) is 11.5. The van der Waals surface area contributed by atoms with E-state index >= 15 is 0 Å². The molecule has 88 valence electrons. The molecule has 17 heavy (non-hydrogen) atoms. The van der Waals surface area contributed by atoms with Crippen LogP contribution in [0.1, 0.15) is 19.4 Å². The summed E-state index contributed by atoms with van der Waals surface area (Å²) in [6.45, 7) is 3.51. The Morgan fingerprint density at radius 2 is 2.18 bits per heavy atom. The molecule has 1 heterocycles. The Balaban J connectivity index is 2.49. The molecule has 1 aliphatic rings. The Kier molecular flexibility index (Phi) is 2.55. The number of hydrogen-bond donors (Lipinski definition) is 1.